The number of rotatable bonds is 3. The van der Waals surface area contributed by atoms with Crippen LogP contribution in [0.2, 0.25) is 0 Å². The molecule has 0 aliphatic carbocycles. The maximum absolute atomic E-state index is 13.2. The number of aryl methyl sites for hydroxylation is 2. The maximum Gasteiger partial charge on any atom is 0.167 e. The van der Waals surface area contributed by atoms with Crippen molar-refractivity contribution in [3.05, 3.63) is 29.1 Å². The number of phenols is 1. The van der Waals surface area contributed by atoms with Gasteiger partial charge in [0.05, 0.1) is 0 Å². The fourth-order valence-electron chi connectivity index (χ4n) is 1.27. The summed E-state index contributed by atoms with van der Waals surface area (Å²) in [6.45, 7) is 1.83. The lowest BCUT2D eigenvalue weighted by Gasteiger charge is -2.05. The molecule has 0 aliphatic rings. The summed E-state index contributed by atoms with van der Waals surface area (Å²) in [7, 11) is 0. The van der Waals surface area contributed by atoms with E-state index in [2.05, 4.69) is 0 Å². The SMILES string of the molecule is Cc1cc(O)c(F)c(CCCO)c1. The van der Waals surface area contributed by atoms with Gasteiger partial charge < -0.3 is 10.2 Å². The summed E-state index contributed by atoms with van der Waals surface area (Å²) in [5.74, 6) is -0.882. The minimum Gasteiger partial charge on any atom is -0.505 e. The molecule has 2 N–H and O–H groups in total. The van der Waals surface area contributed by atoms with E-state index in [0.29, 0.717) is 18.4 Å². The van der Waals surface area contributed by atoms with Gasteiger partial charge in [0.15, 0.2) is 11.6 Å². The van der Waals surface area contributed by atoms with Crippen molar-refractivity contribution in [3.8, 4) is 5.75 Å². The number of aliphatic hydroxyl groups excluding tert-OH is 1. The van der Waals surface area contributed by atoms with Gasteiger partial charge in [-0.1, -0.05) is 6.07 Å². The Labute approximate surface area is 76.6 Å². The Kier molecular flexibility index (Phi) is 3.25. The first-order chi connectivity index (χ1) is 6.15. The van der Waals surface area contributed by atoms with E-state index in [9.17, 15) is 4.39 Å². The van der Waals surface area contributed by atoms with Crippen LogP contribution in [-0.4, -0.2) is 16.8 Å². The van der Waals surface area contributed by atoms with Crippen LogP contribution in [0.5, 0.6) is 5.75 Å². The van der Waals surface area contributed by atoms with Gasteiger partial charge in [-0.25, -0.2) is 4.39 Å². The molecular weight excluding hydrogens is 171 g/mol. The molecule has 0 saturated carbocycles. The summed E-state index contributed by atoms with van der Waals surface area (Å²) in [6, 6.07) is 3.07. The lowest BCUT2D eigenvalue weighted by Crippen LogP contribution is -1.94. The van der Waals surface area contributed by atoms with Crippen molar-refractivity contribution < 1.29 is 14.6 Å². The van der Waals surface area contributed by atoms with Gasteiger partial charge in [-0.2, -0.15) is 0 Å². The molecule has 0 amide bonds. The topological polar surface area (TPSA) is 40.5 Å². The largest absolute Gasteiger partial charge is 0.505 e. The van der Waals surface area contributed by atoms with E-state index in [-0.39, 0.29) is 12.4 Å². The number of hydrogen-bond donors (Lipinski definition) is 2. The number of hydrogen-bond acceptors (Lipinski definition) is 2. The fourth-order valence-corrected chi connectivity index (χ4v) is 1.27. The number of benzene rings is 1. The van der Waals surface area contributed by atoms with Crippen molar-refractivity contribution in [2.24, 2.45) is 0 Å². The standard InChI is InChI=1S/C10H13FO2/c1-7-5-8(3-2-4-12)10(11)9(13)6-7/h5-6,12-13H,2-4H2,1H3. The van der Waals surface area contributed by atoms with Gasteiger partial charge in [0, 0.05) is 6.61 Å². The van der Waals surface area contributed by atoms with E-state index >= 15 is 0 Å². The third kappa shape index (κ3) is 2.42. The highest BCUT2D eigenvalue weighted by molar-refractivity contribution is 5.34. The average molecular weight is 184 g/mol. The minimum absolute atomic E-state index is 0.0359. The monoisotopic (exact) mass is 184 g/mol. The molecule has 3 heteroatoms. The van der Waals surface area contributed by atoms with Crippen molar-refractivity contribution >= 4 is 0 Å². The van der Waals surface area contributed by atoms with Crippen molar-refractivity contribution in [2.75, 3.05) is 6.61 Å². The Bertz CT molecular complexity index is 297. The van der Waals surface area contributed by atoms with E-state index in [0.717, 1.165) is 5.56 Å². The normalized spacial score (nSPS) is 10.4. The minimum atomic E-state index is -0.570. The summed E-state index contributed by atoms with van der Waals surface area (Å²) in [5, 5.41) is 17.7. The smallest absolute Gasteiger partial charge is 0.167 e. The molecule has 0 aliphatic heterocycles. The number of halogens is 1. The van der Waals surface area contributed by atoms with Gasteiger partial charge in [0.2, 0.25) is 0 Å². The zero-order chi connectivity index (χ0) is 9.84. The molecule has 0 fully saturated rings. The predicted molar refractivity (Wildman–Crippen MR) is 48.2 cm³/mol. The van der Waals surface area contributed by atoms with Gasteiger partial charge in [-0.15, -0.1) is 0 Å². The lowest BCUT2D eigenvalue weighted by atomic mass is 10.1. The first-order valence-electron chi connectivity index (χ1n) is 4.24. The van der Waals surface area contributed by atoms with E-state index in [1.54, 1.807) is 13.0 Å². The molecule has 0 radical (unpaired) electrons. The molecular formula is C10H13FO2. The predicted octanol–water partition coefficient (Wildman–Crippen LogP) is 1.76. The summed E-state index contributed by atoms with van der Waals surface area (Å²) in [4.78, 5) is 0. The van der Waals surface area contributed by atoms with Crippen LogP contribution in [0.3, 0.4) is 0 Å². The molecule has 0 spiro atoms. The van der Waals surface area contributed by atoms with Gasteiger partial charge in [0.1, 0.15) is 0 Å². The van der Waals surface area contributed by atoms with Crippen LogP contribution >= 0.6 is 0 Å². The van der Waals surface area contributed by atoms with Crippen molar-refractivity contribution in [1.82, 2.24) is 0 Å². The zero-order valence-corrected chi connectivity index (χ0v) is 7.55. The van der Waals surface area contributed by atoms with Crippen LogP contribution in [0.25, 0.3) is 0 Å². The maximum atomic E-state index is 13.2. The molecule has 72 valence electrons. The number of aromatic hydroxyl groups is 1. The fraction of sp³-hybridized carbons (Fsp3) is 0.400. The lowest BCUT2D eigenvalue weighted by molar-refractivity contribution is 0.287. The molecule has 0 heterocycles. The molecule has 0 atom stereocenters. The first-order valence-corrected chi connectivity index (χ1v) is 4.24. The van der Waals surface area contributed by atoms with Crippen molar-refractivity contribution in [1.29, 1.82) is 0 Å². The van der Waals surface area contributed by atoms with E-state index < -0.39 is 5.82 Å². The second kappa shape index (κ2) is 4.23. The van der Waals surface area contributed by atoms with E-state index in [4.69, 9.17) is 10.2 Å². The highest BCUT2D eigenvalue weighted by Gasteiger charge is 2.07. The van der Waals surface area contributed by atoms with Crippen LogP contribution in [0.4, 0.5) is 4.39 Å². The van der Waals surface area contributed by atoms with Gasteiger partial charge in [-0.3, -0.25) is 0 Å². The third-order valence-corrected chi connectivity index (χ3v) is 1.88. The van der Waals surface area contributed by atoms with Crippen molar-refractivity contribution in [3.63, 3.8) is 0 Å². The van der Waals surface area contributed by atoms with E-state index in [1.807, 2.05) is 0 Å². The molecule has 0 saturated heterocycles. The molecule has 13 heavy (non-hydrogen) atoms. The summed E-state index contributed by atoms with van der Waals surface area (Å²) >= 11 is 0. The Hall–Kier alpha value is -1.09. The van der Waals surface area contributed by atoms with Gasteiger partial charge in [0.25, 0.3) is 0 Å². The first kappa shape index (κ1) is 9.99. The Morgan fingerprint density at radius 3 is 2.69 bits per heavy atom. The molecule has 0 aromatic heterocycles. The van der Waals surface area contributed by atoms with Gasteiger partial charge >= 0.3 is 0 Å². The van der Waals surface area contributed by atoms with E-state index in [1.165, 1.54) is 6.07 Å². The number of aliphatic hydroxyl groups is 1. The van der Waals surface area contributed by atoms with Crippen LogP contribution in [0.1, 0.15) is 17.5 Å². The zero-order valence-electron chi connectivity index (χ0n) is 7.55. The molecule has 0 unspecified atom stereocenters. The van der Waals surface area contributed by atoms with Crippen LogP contribution < -0.4 is 0 Å². The summed E-state index contributed by atoms with van der Waals surface area (Å²) < 4.78 is 13.2. The highest BCUT2D eigenvalue weighted by atomic mass is 19.1. The second-order valence-electron chi connectivity index (χ2n) is 3.08. The van der Waals surface area contributed by atoms with Gasteiger partial charge in [-0.05, 0) is 37.0 Å². The van der Waals surface area contributed by atoms with Crippen LogP contribution in [0.15, 0.2) is 12.1 Å². The summed E-state index contributed by atoms with van der Waals surface area (Å²) in [5.41, 5.74) is 1.29. The molecule has 0 bridgehead atoms. The third-order valence-electron chi connectivity index (χ3n) is 1.88. The van der Waals surface area contributed by atoms with Crippen molar-refractivity contribution in [2.45, 2.75) is 19.8 Å². The molecule has 1 rings (SSSR count). The second-order valence-corrected chi connectivity index (χ2v) is 3.08. The molecule has 1 aromatic rings. The van der Waals surface area contributed by atoms with Crippen LogP contribution in [0, 0.1) is 12.7 Å². The van der Waals surface area contributed by atoms with Crippen LogP contribution in [-0.2, 0) is 6.42 Å². The molecule has 2 nitrogen and oxygen atoms in total. The summed E-state index contributed by atoms with van der Waals surface area (Å²) in [6.07, 6.45) is 0.970. The number of phenolic OH excluding ortho intramolecular Hbond substituents is 1. The quantitative estimate of drug-likeness (QED) is 0.751. The Morgan fingerprint density at radius 2 is 2.08 bits per heavy atom. The molecule has 1 aromatic carbocycles. The Morgan fingerprint density at radius 1 is 1.38 bits per heavy atom. The average Bonchev–Trinajstić information content (AvgIpc) is 2.09. The Balaban J connectivity index is 2.92. The highest BCUT2D eigenvalue weighted by Crippen LogP contribution is 2.22.